The topological polar surface area (TPSA) is 125 Å². The molecule has 15 aromatic rings. The van der Waals surface area contributed by atoms with E-state index in [0.717, 1.165) is 94.2 Å². The van der Waals surface area contributed by atoms with Crippen molar-refractivity contribution >= 4 is 21.5 Å². The number of fused-ring (bicyclic) bond motifs is 2. The van der Waals surface area contributed by atoms with Gasteiger partial charge in [-0.1, -0.05) is 273 Å². The number of nitrogens with zero attached hydrogens (tertiary/aromatic N) is 8. The molecule has 0 atom stereocenters. The molecule has 0 radical (unpaired) electrons. The fourth-order valence-electron chi connectivity index (χ4n) is 11.1. The second kappa shape index (κ2) is 25.1. The van der Waals surface area contributed by atoms with E-state index in [9.17, 15) is 5.26 Å². The van der Waals surface area contributed by atoms with Crippen molar-refractivity contribution in [1.29, 1.82) is 10.5 Å². The van der Waals surface area contributed by atoms with Crippen molar-refractivity contribution in [3.8, 4) is 136 Å². The van der Waals surface area contributed by atoms with E-state index in [2.05, 4.69) is 158 Å². The van der Waals surface area contributed by atoms with E-state index in [1.807, 2.05) is 170 Å². The zero-order valence-corrected chi connectivity index (χ0v) is 48.6. The van der Waals surface area contributed by atoms with E-state index in [4.69, 9.17) is 35.2 Å². The van der Waals surface area contributed by atoms with Gasteiger partial charge in [0.2, 0.25) is 0 Å². The van der Waals surface area contributed by atoms with Crippen LogP contribution in [-0.4, -0.2) is 29.9 Å². The van der Waals surface area contributed by atoms with Gasteiger partial charge in [0.15, 0.2) is 34.9 Å². The van der Waals surface area contributed by atoms with E-state index < -0.39 is 0 Å². The predicted octanol–water partition coefficient (Wildman–Crippen LogP) is 20.1. The zero-order chi connectivity index (χ0) is 60.6. The van der Waals surface area contributed by atoms with Crippen LogP contribution in [0.4, 0.5) is 0 Å². The van der Waals surface area contributed by atoms with Crippen molar-refractivity contribution in [3.63, 3.8) is 0 Å². The quantitative estimate of drug-likeness (QED) is 0.125. The van der Waals surface area contributed by atoms with Gasteiger partial charge in [0.1, 0.15) is 0 Å². The molecule has 0 saturated heterocycles. The minimum Gasteiger partial charge on any atom is -0.208 e. The summed E-state index contributed by atoms with van der Waals surface area (Å²) in [5.41, 5.74) is 18.1. The van der Waals surface area contributed by atoms with Crippen LogP contribution in [0.3, 0.4) is 0 Å². The van der Waals surface area contributed by atoms with Crippen LogP contribution in [-0.2, 0) is 0 Å². The van der Waals surface area contributed by atoms with Crippen LogP contribution in [0.25, 0.3) is 146 Å². The summed E-state index contributed by atoms with van der Waals surface area (Å²) in [5.74, 6) is 3.88. The smallest absolute Gasteiger partial charge is 0.164 e. The third-order valence-corrected chi connectivity index (χ3v) is 16.0. The normalized spacial score (nSPS) is 10.9. The molecule has 90 heavy (non-hydrogen) atoms. The highest BCUT2D eigenvalue weighted by atomic mass is 15.0. The Kier molecular flexibility index (Phi) is 15.4. The Labute approximate surface area is 521 Å². The van der Waals surface area contributed by atoms with Gasteiger partial charge < -0.3 is 0 Å². The average Bonchev–Trinajstić information content (AvgIpc) is 3.14. The summed E-state index contributed by atoms with van der Waals surface area (Å²) in [6, 6.07) is 111. The first kappa shape index (κ1) is 55.3. The molecule has 0 spiro atoms. The van der Waals surface area contributed by atoms with E-state index >= 15 is 0 Å². The third-order valence-electron chi connectivity index (χ3n) is 16.0. The molecule has 2 heterocycles. The minimum atomic E-state index is 0.637. The SMILES string of the molecule is N#Cc1ccc(-c2ccc(-c3ccc4cc(-c5ccc(-c6nc(-c7ccccc7)nc(-c7ccccc7)n6)cc5)ccc4c3)cc2)cc1.N#Cc1ccccc1-c1ccc2cc(-c3ccc(-c4nc(-c5ccccc5)nc(-c5ccccc5)n4)cc3)ccc2c1. The van der Waals surface area contributed by atoms with E-state index in [1.54, 1.807) is 0 Å². The molecular weight excluding hydrogens is 1100 g/mol. The lowest BCUT2D eigenvalue weighted by Gasteiger charge is -2.10. The van der Waals surface area contributed by atoms with Crippen molar-refractivity contribution in [2.75, 3.05) is 0 Å². The Bertz CT molecular complexity index is 5030. The van der Waals surface area contributed by atoms with Gasteiger partial charge in [0, 0.05) is 33.4 Å². The van der Waals surface area contributed by atoms with Crippen LogP contribution in [0.15, 0.2) is 315 Å². The number of benzene rings is 13. The second-order valence-electron chi connectivity index (χ2n) is 21.7. The fraction of sp³-hybridized carbons (Fsp3) is 0. The molecule has 13 aromatic carbocycles. The first-order valence-corrected chi connectivity index (χ1v) is 29.6. The van der Waals surface area contributed by atoms with Crippen LogP contribution in [0.1, 0.15) is 11.1 Å². The number of rotatable bonds is 11. The molecule has 0 bridgehead atoms. The standard InChI is InChI=1S/C44H28N4.C38H24N4/c45-29-30-11-13-31(14-12-30)32-15-17-33(18-16-32)38-23-25-41-28-39(24-26-40(41)27-38)34-19-21-37(22-20-34)44-47-42(35-7-3-1-4-8-35)46-43(48-44)36-9-5-2-6-10-36;39-25-34-13-7-8-14-35(34)33-22-21-31-23-30(19-20-32(31)24-33)26-15-17-29(18-16-26)38-41-36(27-9-3-1-4-10-27)40-37(42-38)28-11-5-2-6-12-28/h1-28H;1-24H. The summed E-state index contributed by atoms with van der Waals surface area (Å²) in [6.07, 6.45) is 0. The van der Waals surface area contributed by atoms with Gasteiger partial charge >= 0.3 is 0 Å². The predicted molar refractivity (Wildman–Crippen MR) is 364 cm³/mol. The summed E-state index contributed by atoms with van der Waals surface area (Å²) in [5, 5.41) is 23.3. The Morgan fingerprint density at radius 2 is 0.422 bits per heavy atom. The monoisotopic (exact) mass is 1150 g/mol. The van der Waals surface area contributed by atoms with Crippen LogP contribution in [0.2, 0.25) is 0 Å². The number of nitriles is 2. The molecule has 0 N–H and O–H groups in total. The maximum absolute atomic E-state index is 9.52. The number of aromatic nitrogens is 6. The molecule has 0 aliphatic heterocycles. The fourth-order valence-corrected chi connectivity index (χ4v) is 11.1. The van der Waals surface area contributed by atoms with Crippen molar-refractivity contribution in [3.05, 3.63) is 327 Å². The number of hydrogen-bond acceptors (Lipinski definition) is 8. The van der Waals surface area contributed by atoms with Crippen LogP contribution >= 0.6 is 0 Å². The van der Waals surface area contributed by atoms with Crippen molar-refractivity contribution in [2.45, 2.75) is 0 Å². The van der Waals surface area contributed by atoms with Gasteiger partial charge in [0.25, 0.3) is 0 Å². The zero-order valence-electron chi connectivity index (χ0n) is 48.6. The molecule has 8 nitrogen and oxygen atoms in total. The van der Waals surface area contributed by atoms with Gasteiger partial charge in [0.05, 0.1) is 23.3 Å². The lowest BCUT2D eigenvalue weighted by molar-refractivity contribution is 1.07. The highest BCUT2D eigenvalue weighted by Gasteiger charge is 2.16. The largest absolute Gasteiger partial charge is 0.208 e. The molecule has 15 rings (SSSR count). The van der Waals surface area contributed by atoms with Gasteiger partial charge in [-0.3, -0.25) is 0 Å². The molecule has 0 saturated carbocycles. The van der Waals surface area contributed by atoms with Crippen LogP contribution in [0, 0.1) is 22.7 Å². The van der Waals surface area contributed by atoms with Gasteiger partial charge in [-0.25, -0.2) is 29.9 Å². The van der Waals surface area contributed by atoms with Crippen molar-refractivity contribution in [1.82, 2.24) is 29.9 Å². The Balaban J connectivity index is 0.000000159. The molecule has 0 unspecified atom stereocenters. The summed E-state index contributed by atoms with van der Waals surface area (Å²) in [7, 11) is 0. The summed E-state index contributed by atoms with van der Waals surface area (Å²) < 4.78 is 0. The third kappa shape index (κ3) is 12.0. The maximum atomic E-state index is 9.52. The van der Waals surface area contributed by atoms with Crippen molar-refractivity contribution in [2.24, 2.45) is 0 Å². The molecular formula is C82H52N8. The van der Waals surface area contributed by atoms with Crippen LogP contribution in [0.5, 0.6) is 0 Å². The molecule has 0 fully saturated rings. The van der Waals surface area contributed by atoms with Gasteiger partial charge in [-0.05, 0) is 120 Å². The average molecular weight is 1150 g/mol. The lowest BCUT2D eigenvalue weighted by atomic mass is 9.95. The maximum Gasteiger partial charge on any atom is 0.164 e. The van der Waals surface area contributed by atoms with E-state index in [1.165, 1.54) is 16.3 Å². The molecule has 2 aromatic heterocycles. The van der Waals surface area contributed by atoms with E-state index in [-0.39, 0.29) is 0 Å². The summed E-state index contributed by atoms with van der Waals surface area (Å²) in [4.78, 5) is 29.0. The first-order valence-electron chi connectivity index (χ1n) is 29.6. The minimum absolute atomic E-state index is 0.637. The summed E-state index contributed by atoms with van der Waals surface area (Å²) >= 11 is 0. The molecule has 0 aliphatic rings. The van der Waals surface area contributed by atoms with Crippen molar-refractivity contribution < 1.29 is 0 Å². The van der Waals surface area contributed by atoms with E-state index in [0.29, 0.717) is 46.1 Å². The molecule has 420 valence electrons. The Morgan fingerprint density at radius 1 is 0.189 bits per heavy atom. The molecule has 0 aliphatic carbocycles. The highest BCUT2D eigenvalue weighted by molar-refractivity contribution is 5.93. The Morgan fingerprint density at radius 3 is 0.733 bits per heavy atom. The van der Waals surface area contributed by atoms with Crippen LogP contribution < -0.4 is 0 Å². The highest BCUT2D eigenvalue weighted by Crippen LogP contribution is 2.35. The Hall–Kier alpha value is -12.6. The van der Waals surface area contributed by atoms with Gasteiger partial charge in [-0.15, -0.1) is 0 Å². The van der Waals surface area contributed by atoms with Gasteiger partial charge in [-0.2, -0.15) is 10.5 Å². The lowest BCUT2D eigenvalue weighted by Crippen LogP contribution is -2.00. The molecule has 0 amide bonds. The summed E-state index contributed by atoms with van der Waals surface area (Å²) in [6.45, 7) is 0. The first-order chi connectivity index (χ1) is 44.4. The molecule has 8 heteroatoms. The second-order valence-corrected chi connectivity index (χ2v) is 21.7. The number of hydrogen-bond donors (Lipinski definition) is 0.